The normalized spacial score (nSPS) is 11.6. The Morgan fingerprint density at radius 1 is 1.12 bits per heavy atom. The van der Waals surface area contributed by atoms with Gasteiger partial charge in [-0.3, -0.25) is 9.59 Å². The fourth-order valence-corrected chi connectivity index (χ4v) is 2.76. The van der Waals surface area contributed by atoms with Gasteiger partial charge in [-0.25, -0.2) is 4.79 Å². The molecular formula is C18H25NO6S. The van der Waals surface area contributed by atoms with Gasteiger partial charge in [-0.2, -0.15) is 0 Å². The van der Waals surface area contributed by atoms with Crippen molar-refractivity contribution in [3.05, 3.63) is 24.3 Å². The molecule has 0 saturated carbocycles. The summed E-state index contributed by atoms with van der Waals surface area (Å²) in [4.78, 5) is 36.2. The van der Waals surface area contributed by atoms with Crippen LogP contribution in [-0.4, -0.2) is 50.5 Å². The predicted molar refractivity (Wildman–Crippen MR) is 98.1 cm³/mol. The van der Waals surface area contributed by atoms with Crippen LogP contribution in [0.2, 0.25) is 0 Å². The summed E-state index contributed by atoms with van der Waals surface area (Å²) >= 11 is 1.29. The van der Waals surface area contributed by atoms with Crippen LogP contribution in [-0.2, 0) is 23.9 Å². The molecule has 1 aromatic rings. The van der Waals surface area contributed by atoms with Crippen LogP contribution in [0.1, 0.15) is 20.3 Å². The minimum absolute atomic E-state index is 0.0754. The van der Waals surface area contributed by atoms with Gasteiger partial charge in [-0.15, -0.1) is 11.8 Å². The number of methoxy groups -OCH3 is 2. The van der Waals surface area contributed by atoms with Gasteiger partial charge < -0.3 is 19.5 Å². The number of ether oxygens (including phenoxy) is 3. The quantitative estimate of drug-likeness (QED) is 0.488. The number of hydrogen-bond donors (Lipinski definition) is 1. The Labute approximate surface area is 157 Å². The monoisotopic (exact) mass is 383 g/mol. The lowest BCUT2D eigenvalue weighted by atomic mass is 10.0. The molecule has 1 aromatic carbocycles. The SMILES string of the molecule is COC(=O)[C@H](CC(C)C)NC(=O)COC(=O)CSc1ccc(OC)cc1. The zero-order valence-electron chi connectivity index (χ0n) is 15.4. The molecule has 7 nitrogen and oxygen atoms in total. The largest absolute Gasteiger partial charge is 0.497 e. The number of benzene rings is 1. The molecule has 1 N–H and O–H groups in total. The maximum atomic E-state index is 11.9. The summed E-state index contributed by atoms with van der Waals surface area (Å²) in [6, 6.07) is 6.50. The molecule has 0 spiro atoms. The van der Waals surface area contributed by atoms with Crippen molar-refractivity contribution in [1.82, 2.24) is 5.32 Å². The van der Waals surface area contributed by atoms with Crippen LogP contribution in [0.15, 0.2) is 29.2 Å². The third-order valence-corrected chi connectivity index (χ3v) is 4.29. The second-order valence-electron chi connectivity index (χ2n) is 5.90. The van der Waals surface area contributed by atoms with Crippen LogP contribution in [0.25, 0.3) is 0 Å². The Morgan fingerprint density at radius 2 is 1.77 bits per heavy atom. The minimum atomic E-state index is -0.750. The van der Waals surface area contributed by atoms with E-state index in [0.717, 1.165) is 10.6 Å². The summed E-state index contributed by atoms with van der Waals surface area (Å²) in [6.07, 6.45) is 0.444. The van der Waals surface area contributed by atoms with Crippen LogP contribution < -0.4 is 10.1 Å². The van der Waals surface area contributed by atoms with Crippen LogP contribution in [0.5, 0.6) is 5.75 Å². The van der Waals surface area contributed by atoms with Gasteiger partial charge in [-0.1, -0.05) is 13.8 Å². The van der Waals surface area contributed by atoms with Gasteiger partial charge in [0, 0.05) is 4.90 Å². The molecule has 0 aromatic heterocycles. The Morgan fingerprint density at radius 3 is 2.31 bits per heavy atom. The number of rotatable bonds is 10. The van der Waals surface area contributed by atoms with E-state index in [4.69, 9.17) is 9.47 Å². The van der Waals surface area contributed by atoms with Crippen LogP contribution in [0.3, 0.4) is 0 Å². The van der Waals surface area contributed by atoms with E-state index in [-0.39, 0.29) is 11.7 Å². The number of nitrogens with one attached hydrogen (secondary N) is 1. The molecule has 144 valence electrons. The van der Waals surface area contributed by atoms with Crippen molar-refractivity contribution in [2.75, 3.05) is 26.6 Å². The van der Waals surface area contributed by atoms with E-state index in [1.807, 2.05) is 26.0 Å². The van der Waals surface area contributed by atoms with E-state index in [2.05, 4.69) is 10.1 Å². The van der Waals surface area contributed by atoms with Crippen LogP contribution in [0.4, 0.5) is 0 Å². The molecule has 0 heterocycles. The molecule has 0 radical (unpaired) electrons. The van der Waals surface area contributed by atoms with Crippen molar-refractivity contribution < 1.29 is 28.6 Å². The Hall–Kier alpha value is -2.22. The lowest BCUT2D eigenvalue weighted by Crippen LogP contribution is -2.44. The maximum Gasteiger partial charge on any atom is 0.328 e. The van der Waals surface area contributed by atoms with E-state index in [0.29, 0.717) is 6.42 Å². The molecule has 0 unspecified atom stereocenters. The van der Waals surface area contributed by atoms with Gasteiger partial charge in [0.2, 0.25) is 0 Å². The van der Waals surface area contributed by atoms with Crippen molar-refractivity contribution in [1.29, 1.82) is 0 Å². The second-order valence-corrected chi connectivity index (χ2v) is 6.95. The van der Waals surface area contributed by atoms with E-state index < -0.39 is 30.5 Å². The topological polar surface area (TPSA) is 90.9 Å². The first-order chi connectivity index (χ1) is 12.3. The maximum absolute atomic E-state index is 11.9. The minimum Gasteiger partial charge on any atom is -0.497 e. The van der Waals surface area contributed by atoms with Crippen molar-refractivity contribution in [3.8, 4) is 5.75 Å². The number of carbonyl (C=O) groups is 3. The van der Waals surface area contributed by atoms with Crippen molar-refractivity contribution in [3.63, 3.8) is 0 Å². The van der Waals surface area contributed by atoms with Gasteiger partial charge in [0.1, 0.15) is 11.8 Å². The summed E-state index contributed by atoms with van der Waals surface area (Å²) in [7, 11) is 2.84. The zero-order valence-corrected chi connectivity index (χ0v) is 16.3. The van der Waals surface area contributed by atoms with E-state index >= 15 is 0 Å². The average Bonchev–Trinajstić information content (AvgIpc) is 2.63. The summed E-state index contributed by atoms with van der Waals surface area (Å²) in [6.45, 7) is 3.42. The number of amides is 1. The van der Waals surface area contributed by atoms with E-state index in [9.17, 15) is 14.4 Å². The fourth-order valence-electron chi connectivity index (χ4n) is 2.07. The van der Waals surface area contributed by atoms with Crippen molar-refractivity contribution >= 4 is 29.6 Å². The lowest BCUT2D eigenvalue weighted by Gasteiger charge is -2.18. The molecule has 1 atom stereocenters. The second kappa shape index (κ2) is 11.4. The number of hydrogen-bond acceptors (Lipinski definition) is 7. The molecule has 1 rings (SSSR count). The van der Waals surface area contributed by atoms with E-state index in [1.165, 1.54) is 18.9 Å². The molecule has 1 amide bonds. The van der Waals surface area contributed by atoms with Crippen LogP contribution in [0, 0.1) is 5.92 Å². The average molecular weight is 383 g/mol. The first-order valence-corrected chi connectivity index (χ1v) is 9.14. The summed E-state index contributed by atoms with van der Waals surface area (Å²) in [5, 5.41) is 2.53. The molecule has 0 saturated heterocycles. The Kier molecular flexibility index (Phi) is 9.57. The highest BCUT2D eigenvalue weighted by Crippen LogP contribution is 2.21. The molecule has 0 aliphatic heterocycles. The number of esters is 2. The highest BCUT2D eigenvalue weighted by atomic mass is 32.2. The lowest BCUT2D eigenvalue weighted by molar-refractivity contribution is -0.149. The molecule has 0 bridgehead atoms. The van der Waals surface area contributed by atoms with Crippen molar-refractivity contribution in [2.45, 2.75) is 31.2 Å². The summed E-state index contributed by atoms with van der Waals surface area (Å²) < 4.78 is 14.7. The van der Waals surface area contributed by atoms with Crippen LogP contribution >= 0.6 is 11.8 Å². The highest BCUT2D eigenvalue weighted by Gasteiger charge is 2.23. The summed E-state index contributed by atoms with van der Waals surface area (Å²) in [5.41, 5.74) is 0. The third kappa shape index (κ3) is 8.24. The zero-order chi connectivity index (χ0) is 19.5. The number of thioether (sulfide) groups is 1. The molecular weight excluding hydrogens is 358 g/mol. The molecule has 0 fully saturated rings. The first kappa shape index (κ1) is 21.8. The van der Waals surface area contributed by atoms with Gasteiger partial charge >= 0.3 is 11.9 Å². The first-order valence-electron chi connectivity index (χ1n) is 8.15. The number of carbonyl (C=O) groups excluding carboxylic acids is 3. The van der Waals surface area contributed by atoms with Crippen molar-refractivity contribution in [2.24, 2.45) is 5.92 Å². The molecule has 0 aliphatic carbocycles. The highest BCUT2D eigenvalue weighted by molar-refractivity contribution is 8.00. The summed E-state index contributed by atoms with van der Waals surface area (Å²) in [5.74, 6) is -0.568. The smallest absolute Gasteiger partial charge is 0.328 e. The molecule has 26 heavy (non-hydrogen) atoms. The van der Waals surface area contributed by atoms with Gasteiger partial charge in [0.15, 0.2) is 6.61 Å². The van der Waals surface area contributed by atoms with E-state index in [1.54, 1.807) is 19.2 Å². The Balaban J connectivity index is 2.37. The van der Waals surface area contributed by atoms with Gasteiger partial charge in [0.05, 0.1) is 20.0 Å². The fraction of sp³-hybridized carbons (Fsp3) is 0.500. The van der Waals surface area contributed by atoms with Gasteiger partial charge in [0.25, 0.3) is 5.91 Å². The third-order valence-electron chi connectivity index (χ3n) is 3.31. The Bertz CT molecular complexity index is 602. The predicted octanol–water partition coefficient (Wildman–Crippen LogP) is 2.03. The molecule has 0 aliphatic rings. The standard InChI is InChI=1S/C18H25NO6S/c1-12(2)9-15(18(22)24-4)19-16(20)10-25-17(21)11-26-14-7-5-13(23-3)6-8-14/h5-8,12,15H,9-11H2,1-4H3,(H,19,20)/t15-/m0/s1. The molecule has 8 heteroatoms. The van der Waals surface area contributed by atoms with Gasteiger partial charge in [-0.05, 0) is 36.6 Å².